The van der Waals surface area contributed by atoms with Gasteiger partial charge in [-0.05, 0) is 29.8 Å². The number of methoxy groups -OCH3 is 1. The molecular formula is C17H20ClN3O2. The van der Waals surface area contributed by atoms with Crippen molar-refractivity contribution in [3.05, 3.63) is 58.1 Å². The van der Waals surface area contributed by atoms with Gasteiger partial charge in [0.05, 0.1) is 7.11 Å². The normalized spacial score (nSPS) is 11.4. The van der Waals surface area contributed by atoms with Gasteiger partial charge in [-0.2, -0.15) is 0 Å². The van der Waals surface area contributed by atoms with Crippen molar-refractivity contribution in [2.24, 2.45) is 16.5 Å². The molecule has 0 atom stereocenters. The monoisotopic (exact) mass is 333 g/mol. The van der Waals surface area contributed by atoms with Crippen molar-refractivity contribution in [2.45, 2.75) is 13.2 Å². The van der Waals surface area contributed by atoms with Gasteiger partial charge >= 0.3 is 0 Å². The van der Waals surface area contributed by atoms with Crippen molar-refractivity contribution >= 4 is 17.4 Å². The van der Waals surface area contributed by atoms with E-state index in [1.807, 2.05) is 24.3 Å². The molecular weight excluding hydrogens is 314 g/mol. The van der Waals surface area contributed by atoms with Gasteiger partial charge in [-0.15, -0.1) is 0 Å². The smallest absolute Gasteiger partial charge is 0.162 e. The molecule has 5 nitrogen and oxygen atoms in total. The van der Waals surface area contributed by atoms with Gasteiger partial charge in [-0.25, -0.2) is 0 Å². The van der Waals surface area contributed by atoms with Crippen LogP contribution in [-0.2, 0) is 13.2 Å². The first-order valence-corrected chi connectivity index (χ1v) is 7.47. The van der Waals surface area contributed by atoms with Crippen molar-refractivity contribution in [1.29, 1.82) is 0 Å². The van der Waals surface area contributed by atoms with Crippen molar-refractivity contribution in [1.82, 2.24) is 0 Å². The van der Waals surface area contributed by atoms with Gasteiger partial charge in [-0.3, -0.25) is 4.99 Å². The summed E-state index contributed by atoms with van der Waals surface area (Å²) in [5, 5.41) is 0.623. The minimum Gasteiger partial charge on any atom is -0.493 e. The van der Waals surface area contributed by atoms with Gasteiger partial charge in [0.2, 0.25) is 0 Å². The lowest BCUT2D eigenvalue weighted by atomic mass is 10.1. The van der Waals surface area contributed by atoms with Crippen LogP contribution in [0.4, 0.5) is 0 Å². The Hall–Kier alpha value is -2.24. The Morgan fingerprint density at radius 3 is 2.57 bits per heavy atom. The molecule has 0 saturated carbocycles. The molecule has 0 aliphatic heterocycles. The number of halogens is 1. The van der Waals surface area contributed by atoms with Crippen LogP contribution in [0.5, 0.6) is 11.5 Å². The highest BCUT2D eigenvalue weighted by molar-refractivity contribution is 6.31. The number of benzene rings is 2. The van der Waals surface area contributed by atoms with Gasteiger partial charge < -0.3 is 20.9 Å². The number of nitrogens with zero attached hydrogens (tertiary/aromatic N) is 1. The van der Waals surface area contributed by atoms with Gasteiger partial charge in [0.1, 0.15) is 12.4 Å². The van der Waals surface area contributed by atoms with Crippen LogP contribution in [0.15, 0.2) is 41.4 Å². The predicted octanol–water partition coefficient (Wildman–Crippen LogP) is 2.72. The topological polar surface area (TPSA) is 82.9 Å². The summed E-state index contributed by atoms with van der Waals surface area (Å²) in [5.74, 6) is 1.63. The first-order valence-electron chi connectivity index (χ1n) is 7.10. The van der Waals surface area contributed by atoms with Gasteiger partial charge in [-0.1, -0.05) is 23.7 Å². The number of hydrogen-bond acceptors (Lipinski definition) is 4. The minimum atomic E-state index is 0.312. The summed E-state index contributed by atoms with van der Waals surface area (Å²) >= 11 is 6.25. The van der Waals surface area contributed by atoms with E-state index in [0.717, 1.165) is 16.7 Å². The molecule has 2 aromatic carbocycles. The van der Waals surface area contributed by atoms with E-state index in [4.69, 9.17) is 32.5 Å². The van der Waals surface area contributed by atoms with Crippen LogP contribution in [0.25, 0.3) is 0 Å². The molecule has 0 saturated heterocycles. The van der Waals surface area contributed by atoms with Gasteiger partial charge in [0.25, 0.3) is 0 Å². The maximum absolute atomic E-state index is 6.25. The van der Waals surface area contributed by atoms with Crippen LogP contribution in [0.1, 0.15) is 16.7 Å². The number of rotatable bonds is 6. The standard InChI is InChI=1S/C17H20ClN3O2/c1-21-17(20)12-5-6-15(22-2)16(8-12)23-10-13-4-3-11(9-19)7-14(13)18/h3-8H,9-10,19H2,1-2H3,(H2,20,21). The summed E-state index contributed by atoms with van der Waals surface area (Å²) in [7, 11) is 3.22. The third-order valence-electron chi connectivity index (χ3n) is 3.44. The zero-order chi connectivity index (χ0) is 16.8. The summed E-state index contributed by atoms with van der Waals surface area (Å²) in [5.41, 5.74) is 14.1. The lowest BCUT2D eigenvalue weighted by Gasteiger charge is -2.13. The van der Waals surface area contributed by atoms with Gasteiger partial charge in [0.15, 0.2) is 11.5 Å². The van der Waals surface area contributed by atoms with Crippen LogP contribution in [0, 0.1) is 0 Å². The second-order valence-corrected chi connectivity index (χ2v) is 5.30. The summed E-state index contributed by atoms with van der Waals surface area (Å²) in [4.78, 5) is 3.97. The average Bonchev–Trinajstić information content (AvgIpc) is 2.59. The Morgan fingerprint density at radius 2 is 1.96 bits per heavy atom. The van der Waals surface area contributed by atoms with Crippen molar-refractivity contribution < 1.29 is 9.47 Å². The molecule has 4 N–H and O–H groups in total. The van der Waals surface area contributed by atoms with Crippen LogP contribution in [0.2, 0.25) is 5.02 Å². The van der Waals surface area contributed by atoms with Crippen LogP contribution < -0.4 is 20.9 Å². The molecule has 122 valence electrons. The van der Waals surface area contributed by atoms with E-state index in [1.165, 1.54) is 0 Å². The summed E-state index contributed by atoms with van der Waals surface area (Å²) < 4.78 is 11.2. The van der Waals surface area contributed by atoms with E-state index in [9.17, 15) is 0 Å². The number of ether oxygens (including phenoxy) is 2. The summed E-state index contributed by atoms with van der Waals surface area (Å²) in [6.07, 6.45) is 0. The Balaban J connectivity index is 2.22. The van der Waals surface area contributed by atoms with E-state index in [-0.39, 0.29) is 0 Å². The molecule has 0 aliphatic rings. The SMILES string of the molecule is CN=C(N)c1ccc(OC)c(OCc2ccc(CN)cc2Cl)c1. The lowest BCUT2D eigenvalue weighted by Crippen LogP contribution is -2.13. The fourth-order valence-corrected chi connectivity index (χ4v) is 2.33. The molecule has 0 aromatic heterocycles. The number of amidine groups is 1. The van der Waals surface area contributed by atoms with E-state index < -0.39 is 0 Å². The fraction of sp³-hybridized carbons (Fsp3) is 0.235. The molecule has 23 heavy (non-hydrogen) atoms. The van der Waals surface area contributed by atoms with Crippen molar-refractivity contribution in [3.63, 3.8) is 0 Å². The molecule has 0 spiro atoms. The molecule has 6 heteroatoms. The highest BCUT2D eigenvalue weighted by atomic mass is 35.5. The Bertz CT molecular complexity index is 717. The Morgan fingerprint density at radius 1 is 1.17 bits per heavy atom. The molecule has 0 amide bonds. The molecule has 0 fully saturated rings. The van der Waals surface area contributed by atoms with E-state index >= 15 is 0 Å². The van der Waals surface area contributed by atoms with Crippen LogP contribution in [-0.4, -0.2) is 20.0 Å². The average molecular weight is 334 g/mol. The highest BCUT2D eigenvalue weighted by Gasteiger charge is 2.09. The van der Waals surface area contributed by atoms with Gasteiger partial charge in [0, 0.05) is 29.7 Å². The molecule has 0 radical (unpaired) electrons. The zero-order valence-electron chi connectivity index (χ0n) is 13.2. The first kappa shape index (κ1) is 17.1. The summed E-state index contributed by atoms with van der Waals surface area (Å²) in [6, 6.07) is 11.1. The third-order valence-corrected chi connectivity index (χ3v) is 3.79. The third kappa shape index (κ3) is 4.15. The molecule has 2 rings (SSSR count). The second kappa shape index (κ2) is 7.85. The van der Waals surface area contributed by atoms with E-state index in [2.05, 4.69) is 4.99 Å². The number of hydrogen-bond donors (Lipinski definition) is 2. The van der Waals surface area contributed by atoms with Crippen molar-refractivity contribution in [3.8, 4) is 11.5 Å². The van der Waals surface area contributed by atoms with Crippen molar-refractivity contribution in [2.75, 3.05) is 14.2 Å². The predicted molar refractivity (Wildman–Crippen MR) is 93.3 cm³/mol. The molecule has 0 bridgehead atoms. The Labute approximate surface area is 140 Å². The quantitative estimate of drug-likeness (QED) is 0.629. The molecule has 0 unspecified atom stereocenters. The highest BCUT2D eigenvalue weighted by Crippen LogP contribution is 2.29. The molecule has 0 aliphatic carbocycles. The minimum absolute atomic E-state index is 0.312. The maximum Gasteiger partial charge on any atom is 0.162 e. The molecule has 0 heterocycles. The molecule has 2 aromatic rings. The first-order chi connectivity index (χ1) is 11.1. The Kier molecular flexibility index (Phi) is 5.84. The second-order valence-electron chi connectivity index (χ2n) is 4.89. The largest absolute Gasteiger partial charge is 0.493 e. The maximum atomic E-state index is 6.25. The zero-order valence-corrected chi connectivity index (χ0v) is 13.9. The van der Waals surface area contributed by atoms with Crippen LogP contribution in [0.3, 0.4) is 0 Å². The number of aliphatic imine (C=N–C) groups is 1. The summed E-state index contributed by atoms with van der Waals surface area (Å²) in [6.45, 7) is 0.763. The number of nitrogens with two attached hydrogens (primary N) is 2. The van der Waals surface area contributed by atoms with Crippen LogP contribution >= 0.6 is 11.6 Å². The van der Waals surface area contributed by atoms with E-state index in [1.54, 1.807) is 26.3 Å². The van der Waals surface area contributed by atoms with E-state index in [0.29, 0.717) is 35.5 Å². The fourth-order valence-electron chi connectivity index (χ4n) is 2.07. The lowest BCUT2D eigenvalue weighted by molar-refractivity contribution is 0.284.